The molecule has 1 rings (SSSR count). The van der Waals surface area contributed by atoms with Gasteiger partial charge in [-0.05, 0) is 25.3 Å². The fraction of sp³-hybridized carbons (Fsp3) is 0.357. The first-order valence-electron chi connectivity index (χ1n) is 6.45. The molecular formula is C14H18N2O5. The van der Waals surface area contributed by atoms with Crippen LogP contribution in [0.15, 0.2) is 24.3 Å². The van der Waals surface area contributed by atoms with E-state index in [9.17, 15) is 14.4 Å². The maximum Gasteiger partial charge on any atom is 0.336 e. The lowest BCUT2D eigenvalue weighted by molar-refractivity contribution is -0.138. The fourth-order valence-corrected chi connectivity index (χ4v) is 1.90. The highest BCUT2D eigenvalue weighted by molar-refractivity contribution is 6.08. The van der Waals surface area contributed by atoms with Gasteiger partial charge in [-0.25, -0.2) is 4.79 Å². The molecule has 0 aliphatic carbocycles. The fourth-order valence-electron chi connectivity index (χ4n) is 1.90. The van der Waals surface area contributed by atoms with E-state index < -0.39 is 29.8 Å². The second kappa shape index (κ2) is 7.51. The predicted octanol–water partition coefficient (Wildman–Crippen LogP) is 0.477. The number of hydrogen-bond acceptors (Lipinski definition) is 5. The van der Waals surface area contributed by atoms with E-state index in [0.717, 1.165) is 0 Å². The molecule has 7 heteroatoms. The van der Waals surface area contributed by atoms with Crippen molar-refractivity contribution in [3.8, 4) is 0 Å². The number of hydrogen-bond donors (Lipinski definition) is 4. The molecule has 1 unspecified atom stereocenters. The van der Waals surface area contributed by atoms with Gasteiger partial charge in [0, 0.05) is 5.56 Å². The van der Waals surface area contributed by atoms with Crippen molar-refractivity contribution in [3.05, 3.63) is 35.4 Å². The first kappa shape index (κ1) is 16.8. The molecule has 0 radical (unpaired) electrons. The summed E-state index contributed by atoms with van der Waals surface area (Å²) in [6, 6.07) is 3.96. The Labute approximate surface area is 121 Å². The van der Waals surface area contributed by atoms with Crippen LogP contribution in [-0.2, 0) is 4.79 Å². The molecule has 0 bridgehead atoms. The number of aromatic carboxylic acids is 1. The third-order valence-electron chi connectivity index (χ3n) is 3.11. The highest BCUT2D eigenvalue weighted by Crippen LogP contribution is 2.13. The summed E-state index contributed by atoms with van der Waals surface area (Å²) in [6.07, 6.45) is 0.820. The number of Topliss-reactive ketones (excluding diaryl/α,β-unsaturated/α-hetero) is 1. The Balaban J connectivity index is 2.67. The summed E-state index contributed by atoms with van der Waals surface area (Å²) in [7, 11) is 0. The molecule has 0 amide bonds. The summed E-state index contributed by atoms with van der Waals surface area (Å²) in [5, 5.41) is 17.7. The Morgan fingerprint density at radius 1 is 0.952 bits per heavy atom. The summed E-state index contributed by atoms with van der Waals surface area (Å²) in [5.41, 5.74) is 11.1. The van der Waals surface area contributed by atoms with E-state index in [4.69, 9.17) is 21.7 Å². The van der Waals surface area contributed by atoms with Crippen LogP contribution in [0.5, 0.6) is 0 Å². The van der Waals surface area contributed by atoms with Gasteiger partial charge in [0.25, 0.3) is 0 Å². The average Bonchev–Trinajstić information content (AvgIpc) is 2.45. The van der Waals surface area contributed by atoms with Crippen LogP contribution in [0.4, 0.5) is 0 Å². The first-order valence-corrected chi connectivity index (χ1v) is 6.45. The SMILES string of the molecule is NC(CCC[C@H](N)C(=O)O)C(=O)c1ccccc1C(=O)O. The van der Waals surface area contributed by atoms with Crippen LogP contribution in [0.25, 0.3) is 0 Å². The number of carbonyl (C=O) groups excluding carboxylic acids is 1. The van der Waals surface area contributed by atoms with Crippen molar-refractivity contribution in [1.29, 1.82) is 0 Å². The van der Waals surface area contributed by atoms with Gasteiger partial charge in [0.1, 0.15) is 6.04 Å². The molecule has 0 heterocycles. The van der Waals surface area contributed by atoms with Gasteiger partial charge in [-0.2, -0.15) is 0 Å². The number of carboxylic acid groups (broad SMARTS) is 2. The van der Waals surface area contributed by atoms with E-state index in [0.29, 0.717) is 6.42 Å². The third-order valence-corrected chi connectivity index (χ3v) is 3.11. The van der Waals surface area contributed by atoms with Crippen molar-refractivity contribution in [2.45, 2.75) is 31.3 Å². The number of carboxylic acids is 2. The van der Waals surface area contributed by atoms with E-state index in [2.05, 4.69) is 0 Å². The van der Waals surface area contributed by atoms with Gasteiger partial charge in [0.2, 0.25) is 0 Å². The van der Waals surface area contributed by atoms with Gasteiger partial charge >= 0.3 is 11.9 Å². The smallest absolute Gasteiger partial charge is 0.336 e. The van der Waals surface area contributed by atoms with Crippen molar-refractivity contribution >= 4 is 17.7 Å². The summed E-state index contributed by atoms with van der Waals surface area (Å²) in [4.78, 5) is 33.8. The molecule has 0 aliphatic heterocycles. The Hall–Kier alpha value is -2.25. The molecule has 0 aliphatic rings. The van der Waals surface area contributed by atoms with Gasteiger partial charge in [-0.15, -0.1) is 0 Å². The molecule has 1 aromatic carbocycles. The zero-order valence-electron chi connectivity index (χ0n) is 11.4. The lowest BCUT2D eigenvalue weighted by atomic mass is 9.95. The zero-order valence-corrected chi connectivity index (χ0v) is 11.4. The van der Waals surface area contributed by atoms with Gasteiger partial charge in [-0.1, -0.05) is 18.2 Å². The third kappa shape index (κ3) is 4.66. The number of nitrogens with two attached hydrogens (primary N) is 2. The van der Waals surface area contributed by atoms with Crippen molar-refractivity contribution in [1.82, 2.24) is 0 Å². The highest BCUT2D eigenvalue weighted by atomic mass is 16.4. The summed E-state index contributed by atoms with van der Waals surface area (Å²) in [5.74, 6) is -2.78. The molecule has 114 valence electrons. The summed E-state index contributed by atoms with van der Waals surface area (Å²) >= 11 is 0. The monoisotopic (exact) mass is 294 g/mol. The Kier molecular flexibility index (Phi) is 6.01. The molecule has 7 nitrogen and oxygen atoms in total. The van der Waals surface area contributed by atoms with Gasteiger partial charge in [-0.3, -0.25) is 9.59 Å². The highest BCUT2D eigenvalue weighted by Gasteiger charge is 2.21. The number of ketones is 1. The number of rotatable bonds is 8. The maximum atomic E-state index is 12.1. The second-order valence-electron chi connectivity index (χ2n) is 4.70. The van der Waals surface area contributed by atoms with Crippen LogP contribution >= 0.6 is 0 Å². The number of benzene rings is 1. The van der Waals surface area contributed by atoms with Crippen molar-refractivity contribution < 1.29 is 24.6 Å². The topological polar surface area (TPSA) is 144 Å². The van der Waals surface area contributed by atoms with E-state index >= 15 is 0 Å². The predicted molar refractivity (Wildman–Crippen MR) is 75.2 cm³/mol. The Morgan fingerprint density at radius 2 is 1.48 bits per heavy atom. The zero-order chi connectivity index (χ0) is 16.0. The van der Waals surface area contributed by atoms with E-state index in [1.165, 1.54) is 18.2 Å². The van der Waals surface area contributed by atoms with Crippen LogP contribution in [0.2, 0.25) is 0 Å². The van der Waals surface area contributed by atoms with Crippen LogP contribution in [-0.4, -0.2) is 40.0 Å². The molecule has 1 aromatic rings. The average molecular weight is 294 g/mol. The Morgan fingerprint density at radius 3 is 2.00 bits per heavy atom. The van der Waals surface area contributed by atoms with Gasteiger partial charge in [0.15, 0.2) is 5.78 Å². The lowest BCUT2D eigenvalue weighted by Gasteiger charge is -2.13. The van der Waals surface area contributed by atoms with E-state index in [1.807, 2.05) is 0 Å². The molecule has 0 aromatic heterocycles. The molecule has 0 spiro atoms. The molecule has 6 N–H and O–H groups in total. The molecule has 0 saturated heterocycles. The molecule has 0 fully saturated rings. The minimum absolute atomic E-state index is 0.0556. The molecule has 0 saturated carbocycles. The van der Waals surface area contributed by atoms with Crippen molar-refractivity contribution in [3.63, 3.8) is 0 Å². The largest absolute Gasteiger partial charge is 0.480 e. The summed E-state index contributed by atoms with van der Waals surface area (Å²) in [6.45, 7) is 0. The quantitative estimate of drug-likeness (QED) is 0.510. The number of aliphatic carboxylic acids is 1. The standard InChI is InChI=1S/C14H18N2O5/c15-10(6-3-7-11(16)14(20)21)12(17)8-4-1-2-5-9(8)13(18)19/h1-2,4-5,10-11H,3,6-7,15-16H2,(H,18,19)(H,20,21)/t10?,11-/m0/s1. The Bertz CT molecular complexity index is 544. The van der Waals surface area contributed by atoms with Gasteiger partial charge < -0.3 is 21.7 Å². The minimum atomic E-state index is -1.20. The van der Waals surface area contributed by atoms with Crippen LogP contribution < -0.4 is 11.5 Å². The normalized spacial score (nSPS) is 13.4. The minimum Gasteiger partial charge on any atom is -0.480 e. The molecule has 21 heavy (non-hydrogen) atoms. The molecule has 2 atom stereocenters. The van der Waals surface area contributed by atoms with Crippen LogP contribution in [0.3, 0.4) is 0 Å². The van der Waals surface area contributed by atoms with Gasteiger partial charge in [0.05, 0.1) is 11.6 Å². The van der Waals surface area contributed by atoms with Crippen molar-refractivity contribution in [2.75, 3.05) is 0 Å². The van der Waals surface area contributed by atoms with Crippen molar-refractivity contribution in [2.24, 2.45) is 11.5 Å². The van der Waals surface area contributed by atoms with E-state index in [1.54, 1.807) is 6.07 Å². The summed E-state index contributed by atoms with van der Waals surface area (Å²) < 4.78 is 0. The molecular weight excluding hydrogens is 276 g/mol. The van der Waals surface area contributed by atoms with E-state index in [-0.39, 0.29) is 24.0 Å². The first-order chi connectivity index (χ1) is 9.84. The van der Waals surface area contributed by atoms with Crippen LogP contribution in [0, 0.1) is 0 Å². The lowest BCUT2D eigenvalue weighted by Crippen LogP contribution is -2.33. The number of carbonyl (C=O) groups is 3. The maximum absolute atomic E-state index is 12.1. The van der Waals surface area contributed by atoms with Crippen LogP contribution in [0.1, 0.15) is 40.0 Å². The second-order valence-corrected chi connectivity index (χ2v) is 4.70.